The third kappa shape index (κ3) is 7.56. The summed E-state index contributed by atoms with van der Waals surface area (Å²) < 4.78 is 51.9. The van der Waals surface area contributed by atoms with Gasteiger partial charge in [-0.3, -0.25) is 0 Å². The average Bonchev–Trinajstić information content (AvgIpc) is 1.45. The molecule has 8 saturated heterocycles. The first-order chi connectivity index (χ1) is 46.0. The molecule has 24 rings (SSSR count). The summed E-state index contributed by atoms with van der Waals surface area (Å²) in [5.74, 6) is -7.05. The second-order valence-electron chi connectivity index (χ2n) is 29.7. The molecule has 20 atom stereocenters. The number of likely N-dealkylation sites (N-methyl/N-ethyl adjacent to an activating group) is 1. The van der Waals surface area contributed by atoms with Crippen molar-refractivity contribution in [3.05, 3.63) is 69.8 Å². The van der Waals surface area contributed by atoms with Crippen LogP contribution >= 0.6 is 0 Å². The van der Waals surface area contributed by atoms with Gasteiger partial charge in [0.1, 0.15) is 95.7 Å². The summed E-state index contributed by atoms with van der Waals surface area (Å²) in [6.07, 6.45) is -14.2. The van der Waals surface area contributed by atoms with E-state index < -0.39 is 145 Å². The van der Waals surface area contributed by atoms with Gasteiger partial charge in [0, 0.05) is 60.3 Å². The average molecular weight is 1330 g/mol. The Bertz CT molecular complexity index is 4440. The molecule has 4 saturated carbocycles. The summed E-state index contributed by atoms with van der Waals surface area (Å²) in [6.45, 7) is 2.88. The maximum absolute atomic E-state index is 12.0. The Kier molecular flexibility index (Phi) is 13.8. The zero-order valence-electron chi connectivity index (χ0n) is 54.0. The third-order valence-electron chi connectivity index (χ3n) is 25.2. The third-order valence-corrected chi connectivity index (χ3v) is 25.2. The monoisotopic (exact) mass is 1330 g/mol. The zero-order chi connectivity index (χ0) is 66.8. The van der Waals surface area contributed by atoms with E-state index in [1.54, 1.807) is 0 Å². The number of benzene rings is 7. The minimum atomic E-state index is -1.95. The molecule has 14 N–H and O–H groups in total. The van der Waals surface area contributed by atoms with Gasteiger partial charge in [-0.05, 0) is 153 Å². The van der Waals surface area contributed by atoms with E-state index in [9.17, 15) is 71.5 Å². The first-order valence-corrected chi connectivity index (χ1v) is 34.4. The van der Waals surface area contributed by atoms with Crippen molar-refractivity contribution in [3.8, 4) is 0 Å². The molecule has 10 heterocycles. The quantitative estimate of drug-likeness (QED) is 0.0480. The first kappa shape index (κ1) is 63.4. The predicted octanol–water partition coefficient (Wildman–Crippen LogP) is 1.36. The number of pyridine rings is 1. The van der Waals surface area contributed by atoms with Crippen LogP contribution in [-0.4, -0.2) is 260 Å². The van der Waals surface area contributed by atoms with Crippen molar-refractivity contribution in [3.63, 3.8) is 0 Å². The van der Waals surface area contributed by atoms with Crippen molar-refractivity contribution in [2.45, 2.75) is 216 Å². The maximum Gasteiger partial charge on any atom is 0.198 e. The van der Waals surface area contributed by atoms with Crippen LogP contribution in [0.25, 0.3) is 86.4 Å². The fourth-order valence-electron chi connectivity index (χ4n) is 20.7. The second kappa shape index (κ2) is 20.9. The molecule has 8 aromatic carbocycles. The lowest BCUT2D eigenvalue weighted by atomic mass is 9.67. The van der Waals surface area contributed by atoms with Crippen molar-refractivity contribution < 1.29 is 109 Å². The molecule has 24 nitrogen and oxygen atoms in total. The highest BCUT2D eigenvalue weighted by atomic mass is 16.8. The highest BCUT2D eigenvalue weighted by Crippen LogP contribution is 2.63. The van der Waals surface area contributed by atoms with E-state index in [-0.39, 0.29) is 64.6 Å². The Morgan fingerprint density at radius 3 is 1.21 bits per heavy atom. The van der Waals surface area contributed by atoms with Gasteiger partial charge >= 0.3 is 0 Å². The Morgan fingerprint density at radius 2 is 0.781 bits per heavy atom. The van der Waals surface area contributed by atoms with Gasteiger partial charge in [-0.2, -0.15) is 0 Å². The molecule has 96 heavy (non-hydrogen) atoms. The molecule has 9 aliphatic heterocycles. The number of rotatable bonds is 16. The maximum atomic E-state index is 12.0. The van der Waals surface area contributed by atoms with Crippen molar-refractivity contribution in [1.82, 2.24) is 9.47 Å². The highest BCUT2D eigenvalue weighted by molar-refractivity contribution is 6.55. The normalized spacial score (nSPS) is 40.7. The van der Waals surface area contributed by atoms with Gasteiger partial charge in [0.15, 0.2) is 23.1 Å². The summed E-state index contributed by atoms with van der Waals surface area (Å²) in [4.78, 5) is 1.89. The van der Waals surface area contributed by atoms with Crippen LogP contribution < -0.4 is 0 Å². The van der Waals surface area contributed by atoms with Gasteiger partial charge in [-0.25, -0.2) is 0 Å². The number of aryl methyl sites for hydroxylation is 2. The molecule has 0 spiro atoms. The van der Waals surface area contributed by atoms with Crippen molar-refractivity contribution in [2.75, 3.05) is 60.3 Å². The number of hydrogen-bond acceptors (Lipinski definition) is 23. The largest absolute Gasteiger partial charge is 0.394 e. The van der Waals surface area contributed by atoms with Crippen LogP contribution in [0, 0.1) is 0 Å². The van der Waals surface area contributed by atoms with E-state index >= 15 is 0 Å². The lowest BCUT2D eigenvalue weighted by Gasteiger charge is -2.65. The van der Waals surface area contributed by atoms with Gasteiger partial charge in [0.25, 0.3) is 0 Å². The number of fused-ring (bicyclic) bond motifs is 12. The zero-order valence-corrected chi connectivity index (χ0v) is 54.0. The smallest absolute Gasteiger partial charge is 0.198 e. The van der Waals surface area contributed by atoms with Crippen molar-refractivity contribution in [2.24, 2.45) is 0 Å². The van der Waals surface area contributed by atoms with E-state index in [4.69, 9.17) is 37.9 Å². The van der Waals surface area contributed by atoms with Crippen LogP contribution in [0.1, 0.15) is 98.6 Å². The van der Waals surface area contributed by atoms with Crippen LogP contribution in [0.15, 0.2) is 36.4 Å². The second-order valence-corrected chi connectivity index (χ2v) is 29.7. The van der Waals surface area contributed by atoms with Gasteiger partial charge in [-0.1, -0.05) is 50.2 Å². The Labute approximate surface area is 549 Å². The summed E-state index contributed by atoms with van der Waals surface area (Å²) in [5, 5.41) is 171. The Hall–Kier alpha value is -4.76. The fourth-order valence-corrected chi connectivity index (χ4v) is 20.7. The van der Waals surface area contributed by atoms with Crippen LogP contribution in [0.5, 0.6) is 0 Å². The summed E-state index contributed by atoms with van der Waals surface area (Å²) >= 11 is 0. The lowest BCUT2D eigenvalue weighted by molar-refractivity contribution is -0.486. The Balaban J connectivity index is 0.000000168. The van der Waals surface area contributed by atoms with Crippen LogP contribution in [0.3, 0.4) is 0 Å². The van der Waals surface area contributed by atoms with E-state index in [0.717, 1.165) is 25.7 Å². The molecule has 10 bridgehead atoms. The topological polar surface area (TPSA) is 365 Å². The fraction of sp³-hybridized carbons (Fsp3) is 0.611. The highest BCUT2D eigenvalue weighted by Gasteiger charge is 2.76. The first-order valence-electron chi connectivity index (χ1n) is 34.4. The molecule has 6 aliphatic carbocycles. The van der Waals surface area contributed by atoms with Crippen LogP contribution in [0.4, 0.5) is 0 Å². The van der Waals surface area contributed by atoms with Gasteiger partial charge in [-0.15, -0.1) is 0 Å². The molecule has 514 valence electrons. The van der Waals surface area contributed by atoms with Gasteiger partial charge in [0.2, 0.25) is 0 Å². The summed E-state index contributed by atoms with van der Waals surface area (Å²) in [7, 11) is 3.72. The molecule has 0 radical (unpaired) electrons. The van der Waals surface area contributed by atoms with E-state index in [0.29, 0.717) is 13.1 Å². The standard InChI is InChI=1S/C50H43NO11.C20H35NO11.C2H6/c52-17-27-47(58)5-7-50(60-27,45(56)43(47)54)62-48-6-8-49(46(57)44(48)55,61-28(48)18-53)59-10-9-51-41-21-3-4-22-14-26-16-24-12-20-2-1-19-11-23-15-25(13-21)33-31(23)35-29(19)30(20)36-32(24)34(26)40(42(22)51)38(37(35)36)39(33)41;1-21(2)7-8-29-19-6-4-18(12(10-23)31-19,14(25)16(19)27)32-20-5-3-17(28,11(9-22)30-20)13(24)15(20)26;1-2/h1-2,11-14,27-28,43-46,52-58H,3-10,15-18H2;11-16,22-28H,3-10H2,1-2H3;1-2H3. The molecular weight excluding hydrogens is 1240 g/mol. The summed E-state index contributed by atoms with van der Waals surface area (Å²) in [6, 6.07) is 14.5. The van der Waals surface area contributed by atoms with Crippen LogP contribution in [0.2, 0.25) is 0 Å². The number of hydrogen-bond donors (Lipinski definition) is 14. The number of aliphatic hydroxyl groups is 14. The molecule has 20 unspecified atom stereocenters. The lowest BCUT2D eigenvalue weighted by Crippen LogP contribution is -2.82. The summed E-state index contributed by atoms with van der Waals surface area (Å²) in [5.41, 5.74) is 3.57. The van der Waals surface area contributed by atoms with E-state index in [1.807, 2.05) is 32.8 Å². The molecule has 0 amide bonds. The molecular formula is C72H84N2O22. The van der Waals surface area contributed by atoms with Crippen molar-refractivity contribution >= 4 is 86.4 Å². The number of nitrogens with zero attached hydrogens (tertiary/aromatic N) is 2. The number of ether oxygens (including phenoxy) is 8. The van der Waals surface area contributed by atoms with Crippen molar-refractivity contribution in [1.29, 1.82) is 0 Å². The molecule has 9 aromatic rings. The molecule has 24 heteroatoms. The van der Waals surface area contributed by atoms with Gasteiger partial charge in [0.05, 0.1) is 50.7 Å². The van der Waals surface area contributed by atoms with Crippen LogP contribution in [-0.2, 0) is 70.1 Å². The SMILES string of the molecule is CC.CN(C)CCOC12CCC(OC34CCC(O)(C(CO)O3)C(O)C4O)(C(CO)O1)C(O)C2O.OCC1OC2(OC34CCC(OCCn5c6c7cc8c9c%10c(cc%11ccc%12cc%13c%14c%15c(cc(c5c%15c(c5c%10c%11c%12c%145)c96)CC7)C%13)C8)(OC3CO)C(O)C4O)CCC1(O)C(O)C2O. The number of aliphatic hydroxyl groups excluding tert-OH is 12. The number of aromatic nitrogens is 1. The predicted molar refractivity (Wildman–Crippen MR) is 345 cm³/mol. The molecule has 15 aliphatic rings. The van der Waals surface area contributed by atoms with E-state index in [2.05, 4.69) is 41.0 Å². The minimum Gasteiger partial charge on any atom is -0.394 e. The molecule has 1 aromatic heterocycles. The Morgan fingerprint density at radius 1 is 0.417 bits per heavy atom. The van der Waals surface area contributed by atoms with Gasteiger partial charge < -0.3 is 119 Å². The molecule has 12 fully saturated rings. The minimum absolute atomic E-state index is 0.0343. The van der Waals surface area contributed by atoms with E-state index in [1.165, 1.54) is 120 Å².